The Bertz CT molecular complexity index is 477. The van der Waals surface area contributed by atoms with Gasteiger partial charge >= 0.3 is 6.18 Å². The molecule has 0 spiro atoms. The van der Waals surface area contributed by atoms with Crippen LogP contribution in [0.1, 0.15) is 25.3 Å². The summed E-state index contributed by atoms with van der Waals surface area (Å²) in [4.78, 5) is 11.6. The molecule has 0 aliphatic rings. The Morgan fingerprint density at radius 1 is 1.45 bits per heavy atom. The third kappa shape index (κ3) is 5.13. The molecule has 1 rings (SSSR count). The number of nitrogens with one attached hydrogen (secondary N) is 1. The Morgan fingerprint density at radius 2 is 2.10 bits per heavy atom. The Labute approximate surface area is 123 Å². The molecule has 1 atom stereocenters. The maximum atomic E-state index is 12.7. The van der Waals surface area contributed by atoms with Crippen LogP contribution in [-0.4, -0.2) is 12.5 Å². The van der Waals surface area contributed by atoms with Crippen molar-refractivity contribution in [3.05, 3.63) is 28.2 Å². The highest BCUT2D eigenvalue weighted by Gasteiger charge is 2.33. The van der Waals surface area contributed by atoms with Crippen LogP contribution in [0, 0.1) is 5.92 Å². The summed E-state index contributed by atoms with van der Waals surface area (Å²) >= 11 is 2.84. The first-order valence-electron chi connectivity index (χ1n) is 6.10. The maximum absolute atomic E-state index is 12.7. The molecule has 3 N–H and O–H groups in total. The van der Waals surface area contributed by atoms with Crippen LogP contribution in [0.2, 0.25) is 0 Å². The lowest BCUT2D eigenvalue weighted by Crippen LogP contribution is -2.17. The molecular weight excluding hydrogens is 337 g/mol. The minimum atomic E-state index is -4.46. The van der Waals surface area contributed by atoms with Gasteiger partial charge in [0, 0.05) is 16.6 Å². The predicted molar refractivity (Wildman–Crippen MR) is 75.2 cm³/mol. The number of nitrogens with two attached hydrogens (primary N) is 1. The molecule has 1 aromatic carbocycles. The lowest BCUT2D eigenvalue weighted by atomic mass is 10.1. The number of amides is 1. The zero-order valence-corrected chi connectivity index (χ0v) is 12.5. The molecule has 20 heavy (non-hydrogen) atoms. The smallest absolute Gasteiger partial charge is 0.330 e. The Hall–Kier alpha value is -1.08. The van der Waals surface area contributed by atoms with Crippen LogP contribution in [0.3, 0.4) is 0 Å². The van der Waals surface area contributed by atoms with E-state index < -0.39 is 11.7 Å². The molecule has 0 aliphatic heterocycles. The lowest BCUT2D eigenvalue weighted by molar-refractivity contribution is -0.138. The molecule has 0 fully saturated rings. The van der Waals surface area contributed by atoms with Gasteiger partial charge in [0.2, 0.25) is 5.91 Å². The van der Waals surface area contributed by atoms with E-state index in [9.17, 15) is 18.0 Å². The molecular formula is C13H16BrF3N2O. The largest absolute Gasteiger partial charge is 0.417 e. The first-order chi connectivity index (χ1) is 9.24. The van der Waals surface area contributed by atoms with Crippen LogP contribution >= 0.6 is 15.9 Å². The van der Waals surface area contributed by atoms with E-state index in [2.05, 4.69) is 21.2 Å². The number of carbonyl (C=O) groups is 1. The maximum Gasteiger partial charge on any atom is 0.417 e. The van der Waals surface area contributed by atoms with Crippen molar-refractivity contribution < 1.29 is 18.0 Å². The average molecular weight is 353 g/mol. The number of halogens is 4. The second-order valence-corrected chi connectivity index (χ2v) is 5.47. The molecule has 112 valence electrons. The molecule has 0 aromatic heterocycles. The Balaban J connectivity index is 2.71. The van der Waals surface area contributed by atoms with Crippen LogP contribution in [0.5, 0.6) is 0 Å². The van der Waals surface area contributed by atoms with E-state index in [-0.39, 0.29) is 28.4 Å². The third-order valence-electron chi connectivity index (χ3n) is 2.82. The summed E-state index contributed by atoms with van der Waals surface area (Å²) in [5, 5.41) is 2.46. The number of benzene rings is 1. The molecule has 3 nitrogen and oxygen atoms in total. The number of hydrogen-bond donors (Lipinski definition) is 2. The van der Waals surface area contributed by atoms with Crippen molar-refractivity contribution in [3.63, 3.8) is 0 Å². The van der Waals surface area contributed by atoms with Gasteiger partial charge in [-0.05, 0) is 37.1 Å². The van der Waals surface area contributed by atoms with E-state index in [1.165, 1.54) is 12.1 Å². The standard InChI is InChI=1S/C13H16BrF3N2O/c1-8(7-18)2-5-12(20)19-9-3-4-11(14)10(6-9)13(15,16)17/h3-4,6,8H,2,5,7,18H2,1H3,(H,19,20). The van der Waals surface area contributed by atoms with E-state index in [4.69, 9.17) is 5.73 Å². The molecule has 0 saturated heterocycles. The van der Waals surface area contributed by atoms with Crippen molar-refractivity contribution in [2.45, 2.75) is 25.9 Å². The van der Waals surface area contributed by atoms with Gasteiger partial charge in [-0.15, -0.1) is 0 Å². The van der Waals surface area contributed by atoms with Gasteiger partial charge in [-0.25, -0.2) is 0 Å². The molecule has 1 amide bonds. The summed E-state index contributed by atoms with van der Waals surface area (Å²) in [6.07, 6.45) is -3.63. The van der Waals surface area contributed by atoms with Gasteiger partial charge < -0.3 is 11.1 Å². The van der Waals surface area contributed by atoms with Crippen LogP contribution in [-0.2, 0) is 11.0 Å². The van der Waals surface area contributed by atoms with Gasteiger partial charge in [0.25, 0.3) is 0 Å². The minimum Gasteiger partial charge on any atom is -0.330 e. The monoisotopic (exact) mass is 352 g/mol. The second-order valence-electron chi connectivity index (χ2n) is 4.62. The Kier molecular flexibility index (Phi) is 6.01. The second kappa shape index (κ2) is 7.08. The minimum absolute atomic E-state index is 0.0558. The van der Waals surface area contributed by atoms with Gasteiger partial charge in [0.1, 0.15) is 0 Å². The molecule has 7 heteroatoms. The van der Waals surface area contributed by atoms with Gasteiger partial charge in [-0.1, -0.05) is 22.9 Å². The van der Waals surface area contributed by atoms with Gasteiger partial charge in [0.05, 0.1) is 5.56 Å². The normalized spacial score (nSPS) is 13.1. The molecule has 0 heterocycles. The molecule has 1 unspecified atom stereocenters. The number of alkyl halides is 3. The summed E-state index contributed by atoms with van der Waals surface area (Å²) in [6.45, 7) is 2.39. The van der Waals surface area contributed by atoms with Crippen LogP contribution in [0.15, 0.2) is 22.7 Å². The van der Waals surface area contributed by atoms with Crippen molar-refractivity contribution in [2.24, 2.45) is 11.7 Å². The van der Waals surface area contributed by atoms with Gasteiger partial charge in [-0.3, -0.25) is 4.79 Å². The number of carbonyl (C=O) groups excluding carboxylic acids is 1. The fourth-order valence-corrected chi connectivity index (χ4v) is 2.01. The molecule has 1 aromatic rings. The number of anilines is 1. The van der Waals surface area contributed by atoms with Crippen LogP contribution in [0.25, 0.3) is 0 Å². The summed E-state index contributed by atoms with van der Waals surface area (Å²) in [7, 11) is 0. The summed E-state index contributed by atoms with van der Waals surface area (Å²) in [6, 6.07) is 3.60. The van der Waals surface area contributed by atoms with Crippen molar-refractivity contribution in [2.75, 3.05) is 11.9 Å². The number of rotatable bonds is 5. The van der Waals surface area contributed by atoms with Gasteiger partial charge in [0.15, 0.2) is 0 Å². The zero-order chi connectivity index (χ0) is 15.3. The van der Waals surface area contributed by atoms with E-state index in [0.29, 0.717) is 13.0 Å². The zero-order valence-electron chi connectivity index (χ0n) is 10.9. The fourth-order valence-electron chi connectivity index (χ4n) is 1.54. The van der Waals surface area contributed by atoms with E-state index >= 15 is 0 Å². The topological polar surface area (TPSA) is 55.1 Å². The highest BCUT2D eigenvalue weighted by Crippen LogP contribution is 2.36. The predicted octanol–water partition coefficient (Wildman–Crippen LogP) is 3.78. The van der Waals surface area contributed by atoms with Crippen molar-refractivity contribution >= 4 is 27.5 Å². The molecule has 0 saturated carbocycles. The SMILES string of the molecule is CC(CN)CCC(=O)Nc1ccc(Br)c(C(F)(F)F)c1. The molecule has 0 aliphatic carbocycles. The van der Waals surface area contributed by atoms with E-state index in [0.717, 1.165) is 6.07 Å². The van der Waals surface area contributed by atoms with E-state index in [1.807, 2.05) is 6.92 Å². The number of hydrogen-bond acceptors (Lipinski definition) is 2. The van der Waals surface area contributed by atoms with Crippen molar-refractivity contribution in [1.82, 2.24) is 0 Å². The third-order valence-corrected chi connectivity index (χ3v) is 3.51. The lowest BCUT2D eigenvalue weighted by Gasteiger charge is -2.12. The van der Waals surface area contributed by atoms with Crippen LogP contribution in [0.4, 0.5) is 18.9 Å². The highest BCUT2D eigenvalue weighted by atomic mass is 79.9. The summed E-state index contributed by atoms with van der Waals surface area (Å²) in [5.74, 6) is -0.114. The highest BCUT2D eigenvalue weighted by molar-refractivity contribution is 9.10. The van der Waals surface area contributed by atoms with Crippen molar-refractivity contribution in [3.8, 4) is 0 Å². The fraction of sp³-hybridized carbons (Fsp3) is 0.462. The van der Waals surface area contributed by atoms with Crippen molar-refractivity contribution in [1.29, 1.82) is 0 Å². The summed E-state index contributed by atoms with van der Waals surface area (Å²) in [5.41, 5.74) is 4.75. The summed E-state index contributed by atoms with van der Waals surface area (Å²) < 4.78 is 38.1. The van der Waals surface area contributed by atoms with Crippen LogP contribution < -0.4 is 11.1 Å². The molecule has 0 bridgehead atoms. The average Bonchev–Trinajstić information content (AvgIpc) is 2.37. The van der Waals surface area contributed by atoms with E-state index in [1.54, 1.807) is 0 Å². The Morgan fingerprint density at radius 3 is 2.65 bits per heavy atom. The first kappa shape index (κ1) is 17.0. The first-order valence-corrected chi connectivity index (χ1v) is 6.90. The quantitative estimate of drug-likeness (QED) is 0.847. The molecule has 0 radical (unpaired) electrons. The van der Waals surface area contributed by atoms with Gasteiger partial charge in [-0.2, -0.15) is 13.2 Å².